The molecule has 2 aromatic rings. The van der Waals surface area contributed by atoms with Crippen LogP contribution in [0.3, 0.4) is 0 Å². The molecule has 9 N–H and O–H groups in total. The topological polar surface area (TPSA) is 191 Å². The minimum absolute atomic E-state index is 0.00527. The highest BCUT2D eigenvalue weighted by molar-refractivity contribution is 5.93. The summed E-state index contributed by atoms with van der Waals surface area (Å²) in [6.45, 7) is 0.992. The lowest BCUT2D eigenvalue weighted by Crippen LogP contribution is -2.58. The number of aliphatic hydroxyl groups excluding tert-OH is 1. The van der Waals surface area contributed by atoms with Crippen LogP contribution in [0.15, 0.2) is 36.4 Å². The first kappa shape index (κ1) is 28.3. The van der Waals surface area contributed by atoms with Crippen LogP contribution in [0, 0.1) is 0 Å². The van der Waals surface area contributed by atoms with Crippen LogP contribution in [0.1, 0.15) is 36.8 Å². The smallest absolute Gasteiger partial charge is 0.245 e. The van der Waals surface area contributed by atoms with Crippen LogP contribution in [0.5, 0.6) is 11.5 Å². The Labute approximate surface area is 227 Å². The van der Waals surface area contributed by atoms with E-state index >= 15 is 0 Å². The lowest BCUT2D eigenvalue weighted by molar-refractivity contribution is -0.138. The number of amides is 3. The maximum absolute atomic E-state index is 13.6. The van der Waals surface area contributed by atoms with E-state index in [2.05, 4.69) is 10.6 Å². The molecule has 11 heteroatoms. The number of piperidine rings is 1. The van der Waals surface area contributed by atoms with Gasteiger partial charge in [0.15, 0.2) is 0 Å². The Bertz CT molecular complexity index is 1210. The number of phenolic OH excluding ortho intramolecular Hbond substituents is 2. The van der Waals surface area contributed by atoms with Crippen molar-refractivity contribution in [3.05, 3.63) is 47.5 Å². The lowest BCUT2D eigenvalue weighted by atomic mass is 9.95. The fraction of sp³-hybridized carbons (Fsp3) is 0.464. The van der Waals surface area contributed by atoms with Crippen LogP contribution in [-0.2, 0) is 27.2 Å². The quantitative estimate of drug-likeness (QED) is 0.280. The number of carbonyl (C=O) groups is 3. The molecule has 4 bridgehead atoms. The van der Waals surface area contributed by atoms with E-state index in [4.69, 9.17) is 11.5 Å². The van der Waals surface area contributed by atoms with Crippen molar-refractivity contribution in [3.63, 3.8) is 0 Å². The number of nitrogens with zero attached hydrogens (tertiary/aromatic N) is 1. The number of phenols is 2. The van der Waals surface area contributed by atoms with Crippen LogP contribution in [0.25, 0.3) is 11.1 Å². The Balaban J connectivity index is 1.78. The van der Waals surface area contributed by atoms with E-state index < -0.39 is 36.0 Å². The molecule has 0 radical (unpaired) electrons. The molecule has 2 aliphatic rings. The number of benzene rings is 2. The van der Waals surface area contributed by atoms with Crippen LogP contribution >= 0.6 is 0 Å². The van der Waals surface area contributed by atoms with E-state index in [1.165, 1.54) is 12.1 Å². The van der Waals surface area contributed by atoms with E-state index in [0.717, 1.165) is 30.4 Å². The second-order valence-electron chi connectivity index (χ2n) is 10.3. The normalized spacial score (nSPS) is 23.2. The largest absolute Gasteiger partial charge is 0.508 e. The summed E-state index contributed by atoms with van der Waals surface area (Å²) in [5.41, 5.74) is 14.0. The summed E-state index contributed by atoms with van der Waals surface area (Å²) in [5.74, 6) is -1.68. The minimum atomic E-state index is -1.22. The number of carbonyl (C=O) groups excluding carboxylic acids is 3. The average Bonchev–Trinajstić information content (AvgIpc) is 2.94. The molecule has 2 heterocycles. The highest BCUT2D eigenvalue weighted by atomic mass is 16.3. The Hall–Kier alpha value is -3.67. The van der Waals surface area contributed by atoms with Gasteiger partial charge in [0, 0.05) is 38.9 Å². The van der Waals surface area contributed by atoms with Crippen molar-refractivity contribution < 1.29 is 29.7 Å². The molecule has 0 unspecified atom stereocenters. The zero-order valence-electron chi connectivity index (χ0n) is 21.8. The van der Waals surface area contributed by atoms with Crippen molar-refractivity contribution in [1.29, 1.82) is 0 Å². The van der Waals surface area contributed by atoms with Crippen molar-refractivity contribution in [1.82, 2.24) is 15.5 Å². The van der Waals surface area contributed by atoms with Gasteiger partial charge in [-0.25, -0.2) is 0 Å². The number of hydrogen-bond donors (Lipinski definition) is 7. The van der Waals surface area contributed by atoms with Crippen LogP contribution in [0.4, 0.5) is 0 Å². The Morgan fingerprint density at radius 1 is 0.923 bits per heavy atom. The van der Waals surface area contributed by atoms with E-state index in [9.17, 15) is 29.7 Å². The molecule has 4 atom stereocenters. The Morgan fingerprint density at radius 3 is 2.10 bits per heavy atom. The predicted octanol–water partition coefficient (Wildman–Crippen LogP) is -0.117. The van der Waals surface area contributed by atoms with E-state index in [1.54, 1.807) is 29.2 Å². The first-order valence-corrected chi connectivity index (χ1v) is 13.3. The number of nitrogens with two attached hydrogens (primary N) is 2. The third-order valence-corrected chi connectivity index (χ3v) is 7.39. The summed E-state index contributed by atoms with van der Waals surface area (Å²) in [6, 6.07) is 6.56. The van der Waals surface area contributed by atoms with Gasteiger partial charge in [-0.15, -0.1) is 0 Å². The fourth-order valence-electron chi connectivity index (χ4n) is 5.09. The number of aromatic hydroxyl groups is 2. The first-order chi connectivity index (χ1) is 18.7. The lowest BCUT2D eigenvalue weighted by Gasteiger charge is -2.32. The van der Waals surface area contributed by atoms with Crippen molar-refractivity contribution >= 4 is 17.7 Å². The second-order valence-corrected chi connectivity index (χ2v) is 10.3. The molecule has 39 heavy (non-hydrogen) atoms. The molecule has 11 nitrogen and oxygen atoms in total. The van der Waals surface area contributed by atoms with Gasteiger partial charge in [-0.2, -0.15) is 0 Å². The van der Waals surface area contributed by atoms with Gasteiger partial charge < -0.3 is 42.3 Å². The van der Waals surface area contributed by atoms with Gasteiger partial charge in [-0.3, -0.25) is 14.4 Å². The second kappa shape index (κ2) is 12.5. The molecule has 0 spiro atoms. The van der Waals surface area contributed by atoms with Gasteiger partial charge in [0.25, 0.3) is 0 Å². The Kier molecular flexibility index (Phi) is 9.05. The standard InChI is InChI=1S/C28H37N5O6/c29-15-20(34)14-22-27(38)32-23(28(39)33-8-2-1-3-9-33)13-19-11-17(5-7-25(19)36)16-4-6-24(35)18(10-16)12-21(30)26(37)31-22/h4-7,10-11,20-23,34-36H,1-3,8-9,12-15,29-30H2,(H,31,37)(H,32,38)/t20-,21-,22-,23-/m1/s1. The van der Waals surface area contributed by atoms with E-state index in [-0.39, 0.29) is 43.2 Å². The van der Waals surface area contributed by atoms with Gasteiger partial charge in [-0.1, -0.05) is 12.1 Å². The molecule has 2 aromatic carbocycles. The molecular weight excluding hydrogens is 502 g/mol. The molecule has 0 aliphatic carbocycles. The van der Waals surface area contributed by atoms with Gasteiger partial charge >= 0.3 is 0 Å². The zero-order chi connectivity index (χ0) is 28.1. The zero-order valence-corrected chi connectivity index (χ0v) is 21.8. The summed E-state index contributed by atoms with van der Waals surface area (Å²) < 4.78 is 0. The van der Waals surface area contributed by atoms with Crippen molar-refractivity contribution in [3.8, 4) is 22.6 Å². The highest BCUT2D eigenvalue weighted by Crippen LogP contribution is 2.31. The molecule has 210 valence electrons. The monoisotopic (exact) mass is 539 g/mol. The molecule has 0 aromatic heterocycles. The molecule has 2 aliphatic heterocycles. The number of aliphatic hydroxyl groups is 1. The first-order valence-electron chi connectivity index (χ1n) is 13.3. The van der Waals surface area contributed by atoms with Crippen LogP contribution in [-0.4, -0.2) is 81.8 Å². The van der Waals surface area contributed by atoms with Crippen LogP contribution in [0.2, 0.25) is 0 Å². The molecular formula is C28H37N5O6. The number of hydrogen-bond acceptors (Lipinski definition) is 8. The van der Waals surface area contributed by atoms with Gasteiger partial charge in [0.2, 0.25) is 17.7 Å². The molecule has 3 amide bonds. The molecule has 1 saturated heterocycles. The van der Waals surface area contributed by atoms with Gasteiger partial charge in [0.05, 0.1) is 12.1 Å². The highest BCUT2D eigenvalue weighted by Gasteiger charge is 2.33. The molecule has 4 rings (SSSR count). The third-order valence-electron chi connectivity index (χ3n) is 7.39. The fourth-order valence-corrected chi connectivity index (χ4v) is 5.09. The maximum atomic E-state index is 13.6. The number of likely N-dealkylation sites (tertiary alicyclic amines) is 1. The number of fused-ring (bicyclic) bond motifs is 5. The van der Waals surface area contributed by atoms with Gasteiger partial charge in [0.1, 0.15) is 23.6 Å². The Morgan fingerprint density at radius 2 is 1.51 bits per heavy atom. The number of nitrogens with one attached hydrogen (secondary N) is 2. The summed E-state index contributed by atoms with van der Waals surface area (Å²) in [5, 5.41) is 36.7. The van der Waals surface area contributed by atoms with Crippen LogP contribution < -0.4 is 22.1 Å². The van der Waals surface area contributed by atoms with E-state index in [0.29, 0.717) is 24.2 Å². The summed E-state index contributed by atoms with van der Waals surface area (Å²) in [7, 11) is 0. The molecule has 0 saturated carbocycles. The van der Waals surface area contributed by atoms with Gasteiger partial charge in [-0.05, 0) is 65.8 Å². The summed E-state index contributed by atoms with van der Waals surface area (Å²) >= 11 is 0. The minimum Gasteiger partial charge on any atom is -0.508 e. The SMILES string of the molecule is NC[C@H](O)C[C@H]1NC(=O)[C@H](N)Cc2cc(ccc2O)-c2ccc(O)c(c2)C[C@H](C(=O)N2CCCCC2)NC1=O. The van der Waals surface area contributed by atoms with Crippen molar-refractivity contribution in [2.75, 3.05) is 19.6 Å². The average molecular weight is 540 g/mol. The maximum Gasteiger partial charge on any atom is 0.245 e. The third kappa shape index (κ3) is 6.86. The molecule has 1 fully saturated rings. The number of rotatable bonds is 4. The van der Waals surface area contributed by atoms with E-state index in [1.807, 2.05) is 0 Å². The van der Waals surface area contributed by atoms with Crippen molar-refractivity contribution in [2.45, 2.75) is 62.8 Å². The van der Waals surface area contributed by atoms with Crippen molar-refractivity contribution in [2.24, 2.45) is 11.5 Å². The summed E-state index contributed by atoms with van der Waals surface area (Å²) in [6.07, 6.45) is 1.45. The predicted molar refractivity (Wildman–Crippen MR) is 145 cm³/mol. The summed E-state index contributed by atoms with van der Waals surface area (Å²) in [4.78, 5) is 41.8.